The van der Waals surface area contributed by atoms with E-state index in [0.29, 0.717) is 23.9 Å². The number of rotatable bonds is 7. The minimum Gasteiger partial charge on any atom is -0.493 e. The second kappa shape index (κ2) is 9.00. The van der Waals surface area contributed by atoms with Gasteiger partial charge in [0.25, 0.3) is 5.91 Å². The molecular weight excluding hydrogens is 446 g/mol. The third-order valence-electron chi connectivity index (χ3n) is 4.59. The fourth-order valence-corrected chi connectivity index (χ4v) is 3.57. The van der Waals surface area contributed by atoms with Crippen molar-refractivity contribution in [1.82, 2.24) is 15.3 Å². The Labute approximate surface area is 182 Å². The van der Waals surface area contributed by atoms with Crippen LogP contribution in [-0.4, -0.2) is 29.6 Å². The number of nitrogens with zero attached hydrogens (tertiary/aromatic N) is 1. The van der Waals surface area contributed by atoms with Gasteiger partial charge in [0, 0.05) is 16.6 Å². The van der Waals surface area contributed by atoms with E-state index in [1.165, 1.54) is 0 Å². The van der Waals surface area contributed by atoms with Crippen molar-refractivity contribution in [3.05, 3.63) is 76.8 Å². The maximum absolute atomic E-state index is 12.2. The van der Waals surface area contributed by atoms with Crippen LogP contribution in [0, 0.1) is 0 Å². The van der Waals surface area contributed by atoms with Crippen molar-refractivity contribution in [1.29, 1.82) is 0 Å². The minimum absolute atomic E-state index is 0.111. The number of hydrogen-bond donors (Lipinski definition) is 2. The number of H-pyrrole nitrogens is 1. The Morgan fingerprint density at radius 3 is 2.60 bits per heavy atom. The van der Waals surface area contributed by atoms with Crippen LogP contribution >= 0.6 is 15.9 Å². The Hall–Kier alpha value is -3.32. The van der Waals surface area contributed by atoms with Crippen LogP contribution in [0.1, 0.15) is 5.56 Å². The summed E-state index contributed by atoms with van der Waals surface area (Å²) in [6, 6.07) is 21.2. The normalized spacial score (nSPS) is 10.7. The number of para-hydroxylation sites is 2. The molecule has 0 saturated carbocycles. The molecule has 0 radical (unpaired) electrons. The van der Waals surface area contributed by atoms with Crippen molar-refractivity contribution in [2.75, 3.05) is 13.7 Å². The predicted molar refractivity (Wildman–Crippen MR) is 120 cm³/mol. The molecule has 0 spiro atoms. The van der Waals surface area contributed by atoms with Crippen molar-refractivity contribution in [3.63, 3.8) is 0 Å². The summed E-state index contributed by atoms with van der Waals surface area (Å²) in [4.78, 5) is 20.1. The van der Waals surface area contributed by atoms with Crippen LogP contribution in [0.4, 0.5) is 0 Å². The molecular formula is C23H20BrN3O3. The van der Waals surface area contributed by atoms with Gasteiger partial charge in [0.2, 0.25) is 0 Å². The molecule has 30 heavy (non-hydrogen) atoms. The monoisotopic (exact) mass is 465 g/mol. The molecule has 0 fully saturated rings. The van der Waals surface area contributed by atoms with Gasteiger partial charge < -0.3 is 19.8 Å². The third-order valence-corrected chi connectivity index (χ3v) is 5.25. The van der Waals surface area contributed by atoms with Crippen LogP contribution in [0.2, 0.25) is 0 Å². The second-order valence-corrected chi connectivity index (χ2v) is 7.49. The van der Waals surface area contributed by atoms with Crippen LogP contribution in [0.3, 0.4) is 0 Å². The quantitative estimate of drug-likeness (QED) is 0.414. The van der Waals surface area contributed by atoms with Crippen LogP contribution in [0.25, 0.3) is 22.4 Å². The molecule has 1 aromatic heterocycles. The largest absolute Gasteiger partial charge is 0.493 e. The van der Waals surface area contributed by atoms with Gasteiger partial charge in [-0.3, -0.25) is 4.79 Å². The highest BCUT2D eigenvalue weighted by Gasteiger charge is 2.15. The third kappa shape index (κ3) is 4.46. The Morgan fingerprint density at radius 1 is 1.07 bits per heavy atom. The molecule has 2 N–H and O–H groups in total. The molecule has 0 aliphatic carbocycles. The number of benzene rings is 3. The van der Waals surface area contributed by atoms with E-state index < -0.39 is 0 Å². The van der Waals surface area contributed by atoms with Crippen molar-refractivity contribution in [2.24, 2.45) is 0 Å². The first kappa shape index (κ1) is 20.0. The first-order valence-corrected chi connectivity index (χ1v) is 10.2. The van der Waals surface area contributed by atoms with E-state index in [2.05, 4.69) is 31.2 Å². The summed E-state index contributed by atoms with van der Waals surface area (Å²) in [6.45, 7) is 0.342. The van der Waals surface area contributed by atoms with Crippen molar-refractivity contribution in [2.45, 2.75) is 6.54 Å². The molecule has 0 aliphatic rings. The number of carbonyl (C=O) groups is 1. The number of aromatic amines is 1. The van der Waals surface area contributed by atoms with Gasteiger partial charge in [-0.2, -0.15) is 0 Å². The molecule has 3 aromatic carbocycles. The number of hydrogen-bond acceptors (Lipinski definition) is 4. The number of methoxy groups -OCH3 is 1. The molecule has 6 nitrogen and oxygen atoms in total. The zero-order valence-electron chi connectivity index (χ0n) is 16.3. The smallest absolute Gasteiger partial charge is 0.258 e. The van der Waals surface area contributed by atoms with Crippen molar-refractivity contribution < 1.29 is 14.3 Å². The lowest BCUT2D eigenvalue weighted by atomic mass is 10.2. The molecule has 0 unspecified atom stereocenters. The van der Waals surface area contributed by atoms with Gasteiger partial charge in [-0.1, -0.05) is 42.5 Å². The molecule has 0 atom stereocenters. The van der Waals surface area contributed by atoms with Crippen LogP contribution in [0.15, 0.2) is 71.2 Å². The molecule has 4 rings (SSSR count). The van der Waals surface area contributed by atoms with Crippen LogP contribution in [-0.2, 0) is 11.3 Å². The van der Waals surface area contributed by atoms with E-state index in [0.717, 1.165) is 26.6 Å². The summed E-state index contributed by atoms with van der Waals surface area (Å²) >= 11 is 3.58. The number of ether oxygens (including phenoxy) is 2. The number of nitrogens with one attached hydrogen (secondary N) is 2. The summed E-state index contributed by atoms with van der Waals surface area (Å²) < 4.78 is 12.0. The number of fused-ring (bicyclic) bond motifs is 1. The standard InChI is InChI=1S/C23H20BrN3O3/c1-29-20-11-16(23-26-18-9-5-6-10-19(18)27-23)17(24)12-21(20)30-14-22(28)25-13-15-7-3-2-4-8-15/h2-12H,13-14H2,1H3,(H,25,28)(H,26,27). The Kier molecular flexibility index (Phi) is 5.99. The Balaban J connectivity index is 1.47. The fraction of sp³-hybridized carbons (Fsp3) is 0.130. The number of amides is 1. The van der Waals surface area contributed by atoms with E-state index >= 15 is 0 Å². The average molecular weight is 466 g/mol. The van der Waals surface area contributed by atoms with Gasteiger partial charge in [-0.05, 0) is 45.8 Å². The first-order valence-electron chi connectivity index (χ1n) is 9.40. The highest BCUT2D eigenvalue weighted by atomic mass is 79.9. The van der Waals surface area contributed by atoms with Crippen LogP contribution < -0.4 is 14.8 Å². The minimum atomic E-state index is -0.210. The van der Waals surface area contributed by atoms with E-state index in [-0.39, 0.29) is 12.5 Å². The van der Waals surface area contributed by atoms with E-state index in [1.807, 2.05) is 60.7 Å². The SMILES string of the molecule is COc1cc(-c2nc3ccccc3[nH]2)c(Br)cc1OCC(=O)NCc1ccccc1. The van der Waals surface area contributed by atoms with Gasteiger partial charge in [0.15, 0.2) is 18.1 Å². The van der Waals surface area contributed by atoms with Crippen molar-refractivity contribution >= 4 is 32.9 Å². The van der Waals surface area contributed by atoms with E-state index in [4.69, 9.17) is 9.47 Å². The molecule has 1 heterocycles. The van der Waals surface area contributed by atoms with E-state index in [1.54, 1.807) is 13.2 Å². The topological polar surface area (TPSA) is 76.2 Å². The average Bonchev–Trinajstić information content (AvgIpc) is 3.21. The van der Waals surface area contributed by atoms with Crippen LogP contribution in [0.5, 0.6) is 11.5 Å². The number of imidazole rings is 1. The van der Waals surface area contributed by atoms with Gasteiger partial charge in [0.05, 0.1) is 18.1 Å². The zero-order chi connectivity index (χ0) is 20.9. The van der Waals surface area contributed by atoms with Crippen molar-refractivity contribution in [3.8, 4) is 22.9 Å². The highest BCUT2D eigenvalue weighted by molar-refractivity contribution is 9.10. The highest BCUT2D eigenvalue weighted by Crippen LogP contribution is 2.38. The summed E-state index contributed by atoms with van der Waals surface area (Å²) in [5, 5.41) is 2.84. The lowest BCUT2D eigenvalue weighted by Gasteiger charge is -2.13. The fourth-order valence-electron chi connectivity index (χ4n) is 3.06. The first-order chi connectivity index (χ1) is 14.6. The summed E-state index contributed by atoms with van der Waals surface area (Å²) in [6.07, 6.45) is 0. The predicted octanol–water partition coefficient (Wildman–Crippen LogP) is 4.70. The second-order valence-electron chi connectivity index (χ2n) is 6.64. The van der Waals surface area contributed by atoms with E-state index in [9.17, 15) is 4.79 Å². The molecule has 7 heteroatoms. The lowest BCUT2D eigenvalue weighted by Crippen LogP contribution is -2.28. The number of aromatic nitrogens is 2. The summed E-state index contributed by atoms with van der Waals surface area (Å²) in [5.41, 5.74) is 3.70. The maximum Gasteiger partial charge on any atom is 0.258 e. The molecule has 1 amide bonds. The number of carbonyl (C=O) groups excluding carboxylic acids is 1. The lowest BCUT2D eigenvalue weighted by molar-refractivity contribution is -0.123. The van der Waals surface area contributed by atoms with Gasteiger partial charge in [0.1, 0.15) is 5.82 Å². The van der Waals surface area contributed by atoms with Gasteiger partial charge >= 0.3 is 0 Å². The molecule has 152 valence electrons. The Bertz CT molecular complexity index is 1140. The van der Waals surface area contributed by atoms with Gasteiger partial charge in [-0.15, -0.1) is 0 Å². The zero-order valence-corrected chi connectivity index (χ0v) is 17.9. The maximum atomic E-state index is 12.2. The molecule has 0 saturated heterocycles. The number of halogens is 1. The Morgan fingerprint density at radius 2 is 1.83 bits per heavy atom. The summed E-state index contributed by atoms with van der Waals surface area (Å²) in [7, 11) is 1.56. The molecule has 0 aliphatic heterocycles. The summed E-state index contributed by atoms with van der Waals surface area (Å²) in [5.74, 6) is 1.50. The van der Waals surface area contributed by atoms with Gasteiger partial charge in [-0.25, -0.2) is 4.98 Å². The molecule has 4 aromatic rings. The molecule has 0 bridgehead atoms.